The van der Waals surface area contributed by atoms with Gasteiger partial charge in [0, 0.05) is 4.47 Å². The number of carboxylic acid groups (broad SMARTS) is 1. The lowest BCUT2D eigenvalue weighted by molar-refractivity contribution is -0.137. The van der Waals surface area contributed by atoms with Crippen molar-refractivity contribution in [3.05, 3.63) is 34.3 Å². The maximum Gasteiger partial charge on any atom is 0.303 e. The van der Waals surface area contributed by atoms with E-state index in [1.165, 1.54) is 0 Å². The van der Waals surface area contributed by atoms with Crippen LogP contribution in [-0.4, -0.2) is 11.1 Å². The van der Waals surface area contributed by atoms with Crippen molar-refractivity contribution in [2.24, 2.45) is 0 Å². The van der Waals surface area contributed by atoms with Gasteiger partial charge in [-0.15, -0.1) is 0 Å². The average Bonchev–Trinajstić information content (AvgIpc) is 2.03. The van der Waals surface area contributed by atoms with Crippen molar-refractivity contribution in [3.63, 3.8) is 0 Å². The number of hydrogen-bond acceptors (Lipinski definition) is 1. The van der Waals surface area contributed by atoms with Gasteiger partial charge in [0.1, 0.15) is 0 Å². The minimum atomic E-state index is -0.757. The molecule has 0 heterocycles. The normalized spacial score (nSPS) is 12.5. The Morgan fingerprint density at radius 2 is 2.31 bits per heavy atom. The molecule has 1 unspecified atom stereocenters. The van der Waals surface area contributed by atoms with Crippen molar-refractivity contribution < 1.29 is 9.90 Å². The number of aliphatic carboxylic acids is 1. The zero-order valence-electron chi connectivity index (χ0n) is 7.33. The fraction of sp³-hybridized carbons (Fsp3) is 0.300. The maximum absolute atomic E-state index is 10.5. The van der Waals surface area contributed by atoms with Gasteiger partial charge in [0.05, 0.1) is 6.42 Å². The third-order valence-corrected chi connectivity index (χ3v) is 2.39. The molecule has 0 spiro atoms. The number of benzene rings is 1. The molecule has 1 atom stereocenters. The van der Waals surface area contributed by atoms with E-state index < -0.39 is 5.97 Å². The van der Waals surface area contributed by atoms with Gasteiger partial charge in [0.2, 0.25) is 0 Å². The molecule has 1 rings (SSSR count). The van der Waals surface area contributed by atoms with E-state index in [9.17, 15) is 4.79 Å². The van der Waals surface area contributed by atoms with Gasteiger partial charge >= 0.3 is 5.97 Å². The molecular formula is C10H11BrO2. The number of carboxylic acids is 1. The molecule has 13 heavy (non-hydrogen) atoms. The van der Waals surface area contributed by atoms with Crippen molar-refractivity contribution in [2.45, 2.75) is 19.3 Å². The van der Waals surface area contributed by atoms with Crippen LogP contribution in [0.25, 0.3) is 0 Å². The topological polar surface area (TPSA) is 37.3 Å². The first-order valence-corrected chi connectivity index (χ1v) is 4.86. The van der Waals surface area contributed by atoms with Crippen LogP contribution in [0.3, 0.4) is 0 Å². The van der Waals surface area contributed by atoms with E-state index in [0.717, 1.165) is 10.0 Å². The van der Waals surface area contributed by atoms with Crippen LogP contribution in [0.2, 0.25) is 0 Å². The molecule has 0 bridgehead atoms. The first kappa shape index (κ1) is 10.3. The molecule has 2 nitrogen and oxygen atoms in total. The molecule has 0 saturated heterocycles. The van der Waals surface area contributed by atoms with Gasteiger partial charge in [-0.25, -0.2) is 0 Å². The molecule has 1 aromatic carbocycles. The molecule has 0 fully saturated rings. The van der Waals surface area contributed by atoms with Crippen molar-refractivity contribution in [1.82, 2.24) is 0 Å². The minimum absolute atomic E-state index is 0.0648. The molecule has 1 N–H and O–H groups in total. The third kappa shape index (κ3) is 3.19. The fourth-order valence-corrected chi connectivity index (χ4v) is 1.61. The van der Waals surface area contributed by atoms with Gasteiger partial charge < -0.3 is 5.11 Å². The van der Waals surface area contributed by atoms with E-state index in [1.807, 2.05) is 31.2 Å². The maximum atomic E-state index is 10.5. The van der Waals surface area contributed by atoms with Crippen LogP contribution in [0.1, 0.15) is 24.8 Å². The van der Waals surface area contributed by atoms with Gasteiger partial charge in [-0.3, -0.25) is 4.79 Å². The Hall–Kier alpha value is -0.830. The van der Waals surface area contributed by atoms with Gasteiger partial charge in [-0.2, -0.15) is 0 Å². The lowest BCUT2D eigenvalue weighted by atomic mass is 9.98. The van der Waals surface area contributed by atoms with Gasteiger partial charge in [0.15, 0.2) is 0 Å². The largest absolute Gasteiger partial charge is 0.481 e. The highest BCUT2D eigenvalue weighted by atomic mass is 79.9. The first-order valence-electron chi connectivity index (χ1n) is 4.07. The Balaban J connectivity index is 2.76. The van der Waals surface area contributed by atoms with Crippen LogP contribution >= 0.6 is 15.9 Å². The number of hydrogen-bond donors (Lipinski definition) is 1. The number of carbonyl (C=O) groups is 1. The SMILES string of the molecule is CC(CC(=O)O)c1cccc(Br)c1. The van der Waals surface area contributed by atoms with Crippen molar-refractivity contribution in [2.75, 3.05) is 0 Å². The molecule has 70 valence electrons. The number of halogens is 1. The van der Waals surface area contributed by atoms with Crippen LogP contribution in [0, 0.1) is 0 Å². The summed E-state index contributed by atoms with van der Waals surface area (Å²) < 4.78 is 0.988. The average molecular weight is 243 g/mol. The lowest BCUT2D eigenvalue weighted by Gasteiger charge is -2.08. The molecule has 0 aliphatic carbocycles. The van der Waals surface area contributed by atoms with Crippen LogP contribution in [-0.2, 0) is 4.79 Å². The summed E-state index contributed by atoms with van der Waals surface area (Å²) in [7, 11) is 0. The molecular weight excluding hydrogens is 232 g/mol. The summed E-state index contributed by atoms with van der Waals surface area (Å²) in [6.07, 6.45) is 0.177. The fourth-order valence-electron chi connectivity index (χ4n) is 1.19. The molecule has 3 heteroatoms. The summed E-state index contributed by atoms with van der Waals surface area (Å²) >= 11 is 3.35. The van der Waals surface area contributed by atoms with E-state index in [-0.39, 0.29) is 12.3 Å². The molecule has 1 aromatic rings. The molecule has 0 aromatic heterocycles. The van der Waals surface area contributed by atoms with Gasteiger partial charge in [-0.1, -0.05) is 35.0 Å². The molecule has 0 radical (unpaired) electrons. The highest BCUT2D eigenvalue weighted by Gasteiger charge is 2.09. The Morgan fingerprint density at radius 1 is 1.62 bits per heavy atom. The van der Waals surface area contributed by atoms with E-state index in [4.69, 9.17) is 5.11 Å². The predicted octanol–water partition coefficient (Wildman–Crippen LogP) is 3.03. The molecule has 0 amide bonds. The third-order valence-electron chi connectivity index (χ3n) is 1.90. The molecule has 0 aliphatic rings. The van der Waals surface area contributed by atoms with Crippen molar-refractivity contribution >= 4 is 21.9 Å². The Labute approximate surface area is 85.7 Å². The summed E-state index contributed by atoms with van der Waals surface area (Å²) in [5.41, 5.74) is 1.05. The zero-order chi connectivity index (χ0) is 9.84. The minimum Gasteiger partial charge on any atom is -0.481 e. The van der Waals surface area contributed by atoms with Crippen molar-refractivity contribution in [3.8, 4) is 0 Å². The monoisotopic (exact) mass is 242 g/mol. The summed E-state index contributed by atoms with van der Waals surface area (Å²) in [6, 6.07) is 7.74. The highest BCUT2D eigenvalue weighted by Crippen LogP contribution is 2.21. The first-order chi connectivity index (χ1) is 6.09. The van der Waals surface area contributed by atoms with E-state index in [2.05, 4.69) is 15.9 Å². The van der Waals surface area contributed by atoms with E-state index in [1.54, 1.807) is 0 Å². The quantitative estimate of drug-likeness (QED) is 0.885. The standard InChI is InChI=1S/C10H11BrO2/c1-7(5-10(12)13)8-3-2-4-9(11)6-8/h2-4,6-7H,5H2,1H3,(H,12,13). The van der Waals surface area contributed by atoms with Crippen LogP contribution < -0.4 is 0 Å². The molecule has 0 saturated carbocycles. The van der Waals surface area contributed by atoms with Crippen molar-refractivity contribution in [1.29, 1.82) is 0 Å². The summed E-state index contributed by atoms with van der Waals surface area (Å²) in [5, 5.41) is 8.60. The van der Waals surface area contributed by atoms with E-state index in [0.29, 0.717) is 0 Å². The Bertz CT molecular complexity index is 310. The van der Waals surface area contributed by atoms with Crippen LogP contribution in [0.5, 0.6) is 0 Å². The second-order valence-corrected chi connectivity index (χ2v) is 3.97. The van der Waals surface area contributed by atoms with Crippen LogP contribution in [0.4, 0.5) is 0 Å². The van der Waals surface area contributed by atoms with Gasteiger partial charge in [0.25, 0.3) is 0 Å². The Morgan fingerprint density at radius 3 is 2.85 bits per heavy atom. The lowest BCUT2D eigenvalue weighted by Crippen LogP contribution is -2.02. The van der Waals surface area contributed by atoms with Crippen LogP contribution in [0.15, 0.2) is 28.7 Å². The predicted molar refractivity (Wildman–Crippen MR) is 54.8 cm³/mol. The second kappa shape index (κ2) is 4.42. The zero-order valence-corrected chi connectivity index (χ0v) is 8.91. The van der Waals surface area contributed by atoms with Gasteiger partial charge in [-0.05, 0) is 23.6 Å². The molecule has 0 aliphatic heterocycles. The summed E-state index contributed by atoms with van der Waals surface area (Å²) in [6.45, 7) is 1.91. The smallest absolute Gasteiger partial charge is 0.303 e. The summed E-state index contributed by atoms with van der Waals surface area (Å²) in [4.78, 5) is 10.5. The highest BCUT2D eigenvalue weighted by molar-refractivity contribution is 9.10. The summed E-state index contributed by atoms with van der Waals surface area (Å²) in [5.74, 6) is -0.692. The number of rotatable bonds is 3. The Kier molecular flexibility index (Phi) is 3.48. The second-order valence-electron chi connectivity index (χ2n) is 3.05. The van der Waals surface area contributed by atoms with E-state index >= 15 is 0 Å².